The lowest BCUT2D eigenvalue weighted by molar-refractivity contribution is -0.143. The Balaban J connectivity index is 2.31. The summed E-state index contributed by atoms with van der Waals surface area (Å²) in [6.45, 7) is 0.889. The Morgan fingerprint density at radius 3 is 3.10 bits per heavy atom. The Morgan fingerprint density at radius 2 is 2.60 bits per heavy atom. The van der Waals surface area contributed by atoms with Crippen LogP contribution < -0.4 is 5.32 Å². The zero-order valence-electron chi connectivity index (χ0n) is 6.09. The van der Waals surface area contributed by atoms with Crippen molar-refractivity contribution in [1.82, 2.24) is 5.32 Å². The highest BCUT2D eigenvalue weighted by atomic mass is 16.5. The standard InChI is InChI=1S/C7H12NO2/c1-10-7(9)6-4-2-3-5-8-6/h2,6,8H,3-5H2,1H3/q+1. The van der Waals surface area contributed by atoms with Gasteiger partial charge in [-0.2, -0.15) is 0 Å². The van der Waals surface area contributed by atoms with Crippen LogP contribution in [0.2, 0.25) is 0 Å². The largest absolute Gasteiger partial charge is 0.468 e. The molecule has 3 nitrogen and oxygen atoms in total. The van der Waals surface area contributed by atoms with E-state index in [0.717, 1.165) is 19.4 Å². The maximum absolute atomic E-state index is 10.9. The van der Waals surface area contributed by atoms with Crippen LogP contribution in [0.1, 0.15) is 12.8 Å². The molecule has 1 fully saturated rings. The van der Waals surface area contributed by atoms with Gasteiger partial charge in [-0.1, -0.05) is 0 Å². The minimum absolute atomic E-state index is 0.0984. The number of rotatable bonds is 1. The van der Waals surface area contributed by atoms with Crippen molar-refractivity contribution in [2.24, 2.45) is 0 Å². The number of carbonyl (C=O) groups excluding carboxylic acids is 1. The zero-order chi connectivity index (χ0) is 7.40. The third-order valence-electron chi connectivity index (χ3n) is 1.63. The molecule has 1 atom stereocenters. The summed E-state index contributed by atoms with van der Waals surface area (Å²) >= 11 is 0. The third kappa shape index (κ3) is 1.64. The molecule has 56 valence electrons. The van der Waals surface area contributed by atoms with Crippen LogP contribution in [0.3, 0.4) is 0 Å². The van der Waals surface area contributed by atoms with Crippen molar-refractivity contribution >= 4 is 5.97 Å². The van der Waals surface area contributed by atoms with Gasteiger partial charge in [-0.3, -0.25) is 10.1 Å². The molecule has 1 rings (SSSR count). The Morgan fingerprint density at radius 1 is 1.80 bits per heavy atom. The molecule has 0 radical (unpaired) electrons. The molecular weight excluding hydrogens is 130 g/mol. The second kappa shape index (κ2) is 3.46. The Hall–Kier alpha value is -0.700. The SMILES string of the molecule is COC(=O)C1C[CH+]CCN1. The predicted molar refractivity (Wildman–Crippen MR) is 37.3 cm³/mol. The van der Waals surface area contributed by atoms with E-state index in [1.165, 1.54) is 7.11 Å². The number of nitrogens with one attached hydrogen (secondary N) is 1. The van der Waals surface area contributed by atoms with E-state index >= 15 is 0 Å². The highest BCUT2D eigenvalue weighted by molar-refractivity contribution is 5.75. The van der Waals surface area contributed by atoms with E-state index in [0.29, 0.717) is 0 Å². The molecule has 0 aromatic rings. The fourth-order valence-electron chi connectivity index (χ4n) is 1.05. The van der Waals surface area contributed by atoms with Crippen LogP contribution in [0.4, 0.5) is 0 Å². The average molecular weight is 142 g/mol. The van der Waals surface area contributed by atoms with Gasteiger partial charge in [0.25, 0.3) is 0 Å². The molecule has 3 heteroatoms. The molecule has 10 heavy (non-hydrogen) atoms. The predicted octanol–water partition coefficient (Wildman–Crippen LogP) is 0.116. The molecule has 0 aromatic heterocycles. The van der Waals surface area contributed by atoms with E-state index in [1.807, 2.05) is 0 Å². The molecule has 0 bridgehead atoms. The van der Waals surface area contributed by atoms with Gasteiger partial charge in [-0.25, -0.2) is 0 Å². The summed E-state index contributed by atoms with van der Waals surface area (Å²) in [4.78, 5) is 10.9. The molecule has 0 aromatic carbocycles. The van der Waals surface area contributed by atoms with Gasteiger partial charge in [0, 0.05) is 6.54 Å². The van der Waals surface area contributed by atoms with Crippen molar-refractivity contribution in [3.8, 4) is 0 Å². The van der Waals surface area contributed by atoms with Gasteiger partial charge < -0.3 is 4.74 Å². The maximum Gasteiger partial charge on any atom is 0.327 e. The number of methoxy groups -OCH3 is 1. The van der Waals surface area contributed by atoms with E-state index in [1.54, 1.807) is 0 Å². The zero-order valence-corrected chi connectivity index (χ0v) is 6.09. The first-order chi connectivity index (χ1) is 4.84. The summed E-state index contributed by atoms with van der Waals surface area (Å²) in [5.74, 6) is -0.157. The van der Waals surface area contributed by atoms with Gasteiger partial charge in [0.1, 0.15) is 18.9 Å². The summed E-state index contributed by atoms with van der Waals surface area (Å²) in [5, 5.41) is 3.06. The van der Waals surface area contributed by atoms with Crippen molar-refractivity contribution < 1.29 is 9.53 Å². The van der Waals surface area contributed by atoms with Crippen molar-refractivity contribution in [1.29, 1.82) is 0 Å². The highest BCUT2D eigenvalue weighted by Gasteiger charge is 2.25. The number of hydrogen-bond acceptors (Lipinski definition) is 3. The smallest absolute Gasteiger partial charge is 0.327 e. The molecule has 1 N–H and O–H groups in total. The number of ether oxygens (including phenoxy) is 1. The second-order valence-corrected chi connectivity index (χ2v) is 2.34. The summed E-state index contributed by atoms with van der Waals surface area (Å²) < 4.78 is 4.57. The molecule has 1 aliphatic heterocycles. The highest BCUT2D eigenvalue weighted by Crippen LogP contribution is 2.06. The van der Waals surface area contributed by atoms with Crippen molar-refractivity contribution in [3.63, 3.8) is 0 Å². The first kappa shape index (κ1) is 7.41. The number of piperidine rings is 1. The summed E-state index contributed by atoms with van der Waals surface area (Å²) in [6.07, 6.45) is 3.96. The van der Waals surface area contributed by atoms with Gasteiger partial charge >= 0.3 is 5.97 Å². The minimum Gasteiger partial charge on any atom is -0.468 e. The van der Waals surface area contributed by atoms with Crippen LogP contribution in [0.25, 0.3) is 0 Å². The molecular formula is C7H12NO2+. The lowest BCUT2D eigenvalue weighted by Crippen LogP contribution is -2.41. The molecule has 0 spiro atoms. The topological polar surface area (TPSA) is 38.3 Å². The van der Waals surface area contributed by atoms with Gasteiger partial charge in [0.15, 0.2) is 0 Å². The lowest BCUT2D eigenvalue weighted by atomic mass is 10.1. The van der Waals surface area contributed by atoms with E-state index in [-0.39, 0.29) is 12.0 Å². The Kier molecular flexibility index (Phi) is 2.57. The summed E-state index contributed by atoms with van der Waals surface area (Å²) in [5.41, 5.74) is 0. The van der Waals surface area contributed by atoms with Crippen molar-refractivity contribution in [2.75, 3.05) is 13.7 Å². The molecule has 0 saturated carbocycles. The summed E-state index contributed by atoms with van der Waals surface area (Å²) in [7, 11) is 1.42. The number of esters is 1. The van der Waals surface area contributed by atoms with E-state index in [4.69, 9.17) is 0 Å². The van der Waals surface area contributed by atoms with Gasteiger partial charge in [-0.05, 0) is 0 Å². The van der Waals surface area contributed by atoms with Gasteiger partial charge in [0.05, 0.1) is 13.5 Å². The van der Waals surface area contributed by atoms with Crippen LogP contribution in [0, 0.1) is 6.42 Å². The first-order valence-corrected chi connectivity index (χ1v) is 3.47. The van der Waals surface area contributed by atoms with Gasteiger partial charge in [0.2, 0.25) is 0 Å². The molecule has 0 aliphatic carbocycles. The van der Waals surface area contributed by atoms with Gasteiger partial charge in [-0.15, -0.1) is 0 Å². The fraction of sp³-hybridized carbons (Fsp3) is 0.714. The van der Waals surface area contributed by atoms with Crippen LogP contribution in [-0.2, 0) is 9.53 Å². The van der Waals surface area contributed by atoms with Crippen LogP contribution in [0.15, 0.2) is 0 Å². The number of hydrogen-bond donors (Lipinski definition) is 1. The lowest BCUT2D eigenvalue weighted by Gasteiger charge is -2.15. The summed E-state index contributed by atoms with van der Waals surface area (Å²) in [6, 6.07) is -0.0984. The van der Waals surface area contributed by atoms with Crippen molar-refractivity contribution in [3.05, 3.63) is 6.42 Å². The monoisotopic (exact) mass is 142 g/mol. The van der Waals surface area contributed by atoms with E-state index in [9.17, 15) is 4.79 Å². The molecule has 1 heterocycles. The molecule has 1 aliphatic rings. The first-order valence-electron chi connectivity index (χ1n) is 3.47. The fourth-order valence-corrected chi connectivity index (χ4v) is 1.05. The van der Waals surface area contributed by atoms with Crippen molar-refractivity contribution in [2.45, 2.75) is 18.9 Å². The van der Waals surface area contributed by atoms with Crippen LogP contribution in [0.5, 0.6) is 0 Å². The second-order valence-electron chi connectivity index (χ2n) is 2.34. The average Bonchev–Trinajstić information content (AvgIpc) is 2.05. The quantitative estimate of drug-likeness (QED) is 0.417. The maximum atomic E-state index is 10.9. The molecule has 0 amide bonds. The minimum atomic E-state index is -0.157. The molecule has 1 unspecified atom stereocenters. The molecule has 1 saturated heterocycles. The van der Waals surface area contributed by atoms with E-state index < -0.39 is 0 Å². The van der Waals surface area contributed by atoms with Crippen LogP contribution in [-0.4, -0.2) is 25.7 Å². The number of carbonyl (C=O) groups is 1. The third-order valence-corrected chi connectivity index (χ3v) is 1.63. The van der Waals surface area contributed by atoms with Crippen LogP contribution >= 0.6 is 0 Å². The Labute approximate surface area is 60.7 Å². The Bertz CT molecular complexity index is 119. The van der Waals surface area contributed by atoms with E-state index in [2.05, 4.69) is 16.5 Å². The normalized spacial score (nSPS) is 25.1.